The summed E-state index contributed by atoms with van der Waals surface area (Å²) in [4.78, 5) is 12.0. The van der Waals surface area contributed by atoms with E-state index in [-0.39, 0.29) is 5.54 Å². The van der Waals surface area contributed by atoms with Crippen molar-refractivity contribution in [2.75, 3.05) is 27.7 Å². The molecule has 0 amide bonds. The van der Waals surface area contributed by atoms with E-state index in [4.69, 9.17) is 0 Å². The van der Waals surface area contributed by atoms with Crippen LogP contribution in [0.25, 0.3) is 0 Å². The third-order valence-corrected chi connectivity index (χ3v) is 4.11. The molecule has 1 rings (SSSR count). The Morgan fingerprint density at radius 1 is 1.42 bits per heavy atom. The zero-order valence-electron chi connectivity index (χ0n) is 12.7. The van der Waals surface area contributed by atoms with Gasteiger partial charge in [0.25, 0.3) is 0 Å². The molecule has 6 heteroatoms. The van der Waals surface area contributed by atoms with Gasteiger partial charge in [-0.05, 0) is 34.9 Å². The van der Waals surface area contributed by atoms with Crippen molar-refractivity contribution in [3.8, 4) is 0 Å². The monoisotopic (exact) mass is 283 g/mol. The van der Waals surface area contributed by atoms with E-state index in [0.717, 1.165) is 17.5 Å². The summed E-state index contributed by atoms with van der Waals surface area (Å²) in [5.41, 5.74) is 0.0788. The van der Waals surface area contributed by atoms with Crippen LogP contribution in [0.1, 0.15) is 23.7 Å². The smallest absolute Gasteiger partial charge is 0.191 e. The summed E-state index contributed by atoms with van der Waals surface area (Å²) < 4.78 is 0. The Labute approximate surface area is 120 Å². The van der Waals surface area contributed by atoms with Crippen LogP contribution in [0.4, 0.5) is 0 Å². The van der Waals surface area contributed by atoms with Gasteiger partial charge in [-0.25, -0.2) is 4.98 Å². The van der Waals surface area contributed by atoms with Gasteiger partial charge in [0, 0.05) is 30.2 Å². The molecule has 0 spiro atoms. The number of nitrogens with zero attached hydrogens (tertiary/aromatic N) is 3. The summed E-state index contributed by atoms with van der Waals surface area (Å²) in [6.07, 6.45) is 1.90. The van der Waals surface area contributed by atoms with Crippen LogP contribution in [-0.2, 0) is 6.54 Å². The molecule has 0 fully saturated rings. The Bertz CT molecular complexity index is 422. The van der Waals surface area contributed by atoms with Crippen LogP contribution in [0.2, 0.25) is 0 Å². The highest BCUT2D eigenvalue weighted by molar-refractivity contribution is 7.11. The van der Waals surface area contributed by atoms with E-state index in [2.05, 4.69) is 60.4 Å². The number of thiazole rings is 1. The fourth-order valence-corrected chi connectivity index (χ4v) is 2.05. The van der Waals surface area contributed by atoms with Gasteiger partial charge in [0.15, 0.2) is 5.96 Å². The lowest BCUT2D eigenvalue weighted by atomic mass is 10.0. The van der Waals surface area contributed by atoms with Crippen molar-refractivity contribution in [1.29, 1.82) is 0 Å². The standard InChI is InChI=1S/C13H25N5S/c1-10-7-15-11(19-10)8-16-12(14-4)17-9-13(2,3)18(5)6/h7H,8-9H2,1-6H3,(H2,14,16,17). The van der Waals surface area contributed by atoms with Gasteiger partial charge < -0.3 is 15.5 Å². The first-order valence-corrected chi connectivity index (χ1v) is 7.20. The first-order valence-electron chi connectivity index (χ1n) is 6.38. The fourth-order valence-electron chi connectivity index (χ4n) is 1.32. The second-order valence-corrected chi connectivity index (χ2v) is 6.67. The number of aliphatic imine (C=N–C) groups is 1. The highest BCUT2D eigenvalue weighted by atomic mass is 32.1. The van der Waals surface area contributed by atoms with Crippen LogP contribution >= 0.6 is 11.3 Å². The predicted octanol–water partition coefficient (Wildman–Crippen LogP) is 1.46. The summed E-state index contributed by atoms with van der Waals surface area (Å²) in [6.45, 7) is 7.99. The lowest BCUT2D eigenvalue weighted by Crippen LogP contribution is -2.50. The van der Waals surface area contributed by atoms with Gasteiger partial charge >= 0.3 is 0 Å². The van der Waals surface area contributed by atoms with Gasteiger partial charge in [-0.3, -0.25) is 4.99 Å². The van der Waals surface area contributed by atoms with Gasteiger partial charge in [-0.1, -0.05) is 0 Å². The average Bonchev–Trinajstić information content (AvgIpc) is 2.75. The maximum absolute atomic E-state index is 4.32. The van der Waals surface area contributed by atoms with E-state index >= 15 is 0 Å². The summed E-state index contributed by atoms with van der Waals surface area (Å²) in [5, 5.41) is 7.70. The van der Waals surface area contributed by atoms with Crippen molar-refractivity contribution in [3.05, 3.63) is 16.1 Å². The normalized spacial score (nSPS) is 12.9. The van der Waals surface area contributed by atoms with Crippen LogP contribution in [0, 0.1) is 6.92 Å². The fraction of sp³-hybridized carbons (Fsp3) is 0.692. The quantitative estimate of drug-likeness (QED) is 0.634. The largest absolute Gasteiger partial charge is 0.355 e. The molecular formula is C13H25N5S. The summed E-state index contributed by atoms with van der Waals surface area (Å²) in [6, 6.07) is 0. The molecule has 0 radical (unpaired) electrons. The number of rotatable bonds is 5. The second kappa shape index (κ2) is 6.86. The van der Waals surface area contributed by atoms with Gasteiger partial charge in [0.2, 0.25) is 0 Å². The third kappa shape index (κ3) is 5.16. The first kappa shape index (κ1) is 15.9. The van der Waals surface area contributed by atoms with E-state index in [0.29, 0.717) is 6.54 Å². The highest BCUT2D eigenvalue weighted by Gasteiger charge is 2.20. The Kier molecular flexibility index (Phi) is 5.75. The van der Waals surface area contributed by atoms with Crippen molar-refractivity contribution in [2.24, 2.45) is 4.99 Å². The third-order valence-electron chi connectivity index (χ3n) is 3.20. The van der Waals surface area contributed by atoms with Crippen LogP contribution in [-0.4, -0.2) is 49.1 Å². The number of likely N-dealkylation sites (N-methyl/N-ethyl adjacent to an activating group) is 1. The van der Waals surface area contributed by atoms with Gasteiger partial charge in [0.05, 0.1) is 6.54 Å². The summed E-state index contributed by atoms with van der Waals surface area (Å²) >= 11 is 1.70. The lowest BCUT2D eigenvalue weighted by Gasteiger charge is -2.33. The number of aromatic nitrogens is 1. The number of nitrogens with one attached hydrogen (secondary N) is 2. The van der Waals surface area contributed by atoms with Crippen molar-refractivity contribution in [2.45, 2.75) is 32.9 Å². The van der Waals surface area contributed by atoms with Crippen LogP contribution < -0.4 is 10.6 Å². The molecule has 0 bridgehead atoms. The molecule has 1 aromatic rings. The Balaban J connectivity index is 2.43. The number of hydrogen-bond donors (Lipinski definition) is 2. The highest BCUT2D eigenvalue weighted by Crippen LogP contribution is 2.10. The Hall–Kier alpha value is -1.14. The average molecular weight is 283 g/mol. The van der Waals surface area contributed by atoms with E-state index in [1.807, 2.05) is 6.20 Å². The second-order valence-electron chi connectivity index (χ2n) is 5.35. The van der Waals surface area contributed by atoms with Gasteiger partial charge in [0.1, 0.15) is 5.01 Å². The maximum Gasteiger partial charge on any atom is 0.191 e. The number of aryl methyl sites for hydroxylation is 1. The SMILES string of the molecule is CN=C(NCc1ncc(C)s1)NCC(C)(C)N(C)C. The van der Waals surface area contributed by atoms with Gasteiger partial charge in [-0.15, -0.1) is 11.3 Å². The minimum atomic E-state index is 0.0788. The zero-order chi connectivity index (χ0) is 14.5. The molecule has 1 heterocycles. The number of guanidine groups is 1. The van der Waals surface area contributed by atoms with Crippen LogP contribution in [0.15, 0.2) is 11.2 Å². The first-order chi connectivity index (χ1) is 8.85. The molecule has 0 saturated carbocycles. The molecule has 0 aliphatic carbocycles. The van der Waals surface area contributed by atoms with Crippen molar-refractivity contribution >= 4 is 17.3 Å². The Morgan fingerprint density at radius 2 is 2.11 bits per heavy atom. The topological polar surface area (TPSA) is 52.6 Å². The van der Waals surface area contributed by atoms with Crippen LogP contribution in [0.3, 0.4) is 0 Å². The molecule has 108 valence electrons. The molecule has 5 nitrogen and oxygen atoms in total. The predicted molar refractivity (Wildman–Crippen MR) is 82.8 cm³/mol. The molecule has 0 aromatic carbocycles. The van der Waals surface area contributed by atoms with Crippen LogP contribution in [0.5, 0.6) is 0 Å². The van der Waals surface area contributed by atoms with E-state index < -0.39 is 0 Å². The lowest BCUT2D eigenvalue weighted by molar-refractivity contribution is 0.197. The van der Waals surface area contributed by atoms with Crippen molar-refractivity contribution in [1.82, 2.24) is 20.5 Å². The minimum Gasteiger partial charge on any atom is -0.355 e. The minimum absolute atomic E-state index is 0.0788. The molecule has 0 saturated heterocycles. The molecule has 1 aromatic heterocycles. The number of hydrogen-bond acceptors (Lipinski definition) is 4. The van der Waals surface area contributed by atoms with Crippen molar-refractivity contribution in [3.63, 3.8) is 0 Å². The molecule has 19 heavy (non-hydrogen) atoms. The Morgan fingerprint density at radius 3 is 2.58 bits per heavy atom. The summed E-state index contributed by atoms with van der Waals surface area (Å²) in [5.74, 6) is 0.808. The molecular weight excluding hydrogens is 258 g/mol. The zero-order valence-corrected chi connectivity index (χ0v) is 13.6. The maximum atomic E-state index is 4.32. The van der Waals surface area contributed by atoms with E-state index in [9.17, 15) is 0 Å². The van der Waals surface area contributed by atoms with E-state index in [1.165, 1.54) is 4.88 Å². The molecule has 0 unspecified atom stereocenters. The molecule has 0 atom stereocenters. The van der Waals surface area contributed by atoms with E-state index in [1.54, 1.807) is 18.4 Å². The summed E-state index contributed by atoms with van der Waals surface area (Å²) in [7, 11) is 5.94. The van der Waals surface area contributed by atoms with Crippen molar-refractivity contribution < 1.29 is 0 Å². The molecule has 0 aliphatic rings. The molecule has 0 aliphatic heterocycles. The van der Waals surface area contributed by atoms with Gasteiger partial charge in [-0.2, -0.15) is 0 Å². The molecule has 2 N–H and O–H groups in total.